The zero-order chi connectivity index (χ0) is 15.0. The van der Waals surface area contributed by atoms with Crippen molar-refractivity contribution >= 4 is 16.5 Å². The first-order valence-electron chi connectivity index (χ1n) is 6.80. The van der Waals surface area contributed by atoms with Gasteiger partial charge in [-0.15, -0.1) is 0 Å². The van der Waals surface area contributed by atoms with E-state index in [1.165, 1.54) is 6.07 Å². The summed E-state index contributed by atoms with van der Waals surface area (Å²) >= 11 is 0. The topological polar surface area (TPSA) is 28.9 Å². The van der Waals surface area contributed by atoms with E-state index in [1.807, 2.05) is 37.3 Å². The van der Waals surface area contributed by atoms with Crippen LogP contribution in [0.25, 0.3) is 28.0 Å². The molecule has 0 aliphatic rings. The molecule has 106 valence electrons. The van der Waals surface area contributed by atoms with Gasteiger partial charge in [-0.3, -0.25) is 0 Å². The number of nitrogens with one attached hydrogen (secondary N) is 1. The van der Waals surface area contributed by atoms with Crippen molar-refractivity contribution in [1.29, 1.82) is 0 Å². The minimum absolute atomic E-state index is 0.219. The standard InChI is InChI=1S/C18H16FNO/c1-4-5-11(2)15-7-8-16(20-15)18-10-13-12(3)14(19)6-9-17(13)21-18/h4-10,20H,2H2,1,3H3/b5-4-. The molecule has 2 nitrogen and oxygen atoms in total. The quantitative estimate of drug-likeness (QED) is 0.634. The predicted octanol–water partition coefficient (Wildman–Crippen LogP) is 5.46. The van der Waals surface area contributed by atoms with E-state index >= 15 is 0 Å². The van der Waals surface area contributed by atoms with E-state index in [4.69, 9.17) is 4.42 Å². The van der Waals surface area contributed by atoms with Gasteiger partial charge in [0.25, 0.3) is 0 Å². The second-order valence-corrected chi connectivity index (χ2v) is 5.01. The van der Waals surface area contributed by atoms with Gasteiger partial charge in [0, 0.05) is 11.1 Å². The highest BCUT2D eigenvalue weighted by Gasteiger charge is 2.12. The van der Waals surface area contributed by atoms with Crippen LogP contribution in [-0.2, 0) is 0 Å². The normalized spacial score (nSPS) is 11.6. The molecule has 0 radical (unpaired) electrons. The lowest BCUT2D eigenvalue weighted by Crippen LogP contribution is -1.80. The molecule has 1 aromatic carbocycles. The number of aryl methyl sites for hydroxylation is 1. The number of H-pyrrole nitrogens is 1. The first-order chi connectivity index (χ1) is 10.1. The van der Waals surface area contributed by atoms with Crippen molar-refractivity contribution < 1.29 is 8.81 Å². The third-order valence-electron chi connectivity index (χ3n) is 3.57. The fraction of sp³-hybridized carbons (Fsp3) is 0.111. The van der Waals surface area contributed by atoms with Gasteiger partial charge in [0.15, 0.2) is 5.76 Å². The zero-order valence-corrected chi connectivity index (χ0v) is 12.0. The van der Waals surface area contributed by atoms with Crippen LogP contribution in [0.2, 0.25) is 0 Å². The number of rotatable bonds is 3. The van der Waals surface area contributed by atoms with Gasteiger partial charge in [0.05, 0.1) is 5.69 Å². The SMILES string of the molecule is C=C(/C=C\C)c1ccc(-c2cc3c(C)c(F)ccc3o2)[nH]1. The van der Waals surface area contributed by atoms with Crippen LogP contribution in [-0.4, -0.2) is 4.98 Å². The van der Waals surface area contributed by atoms with Crippen molar-refractivity contribution in [2.24, 2.45) is 0 Å². The van der Waals surface area contributed by atoms with E-state index in [-0.39, 0.29) is 5.82 Å². The van der Waals surface area contributed by atoms with Crippen molar-refractivity contribution in [1.82, 2.24) is 4.98 Å². The second-order valence-electron chi connectivity index (χ2n) is 5.01. The Balaban J connectivity index is 2.05. The molecule has 0 atom stereocenters. The molecule has 21 heavy (non-hydrogen) atoms. The maximum absolute atomic E-state index is 13.6. The molecule has 2 heterocycles. The second kappa shape index (κ2) is 5.09. The van der Waals surface area contributed by atoms with Gasteiger partial charge in [0.1, 0.15) is 11.4 Å². The Hall–Kier alpha value is -2.55. The average molecular weight is 281 g/mol. The van der Waals surface area contributed by atoms with Crippen molar-refractivity contribution in [3.05, 3.63) is 66.1 Å². The summed E-state index contributed by atoms with van der Waals surface area (Å²) in [6.07, 6.45) is 3.88. The number of hydrogen-bond acceptors (Lipinski definition) is 1. The van der Waals surface area contributed by atoms with Gasteiger partial charge in [-0.1, -0.05) is 18.7 Å². The van der Waals surface area contributed by atoms with E-state index in [1.54, 1.807) is 13.0 Å². The molecule has 1 N–H and O–H groups in total. The van der Waals surface area contributed by atoms with Gasteiger partial charge in [-0.05, 0) is 55.3 Å². The van der Waals surface area contributed by atoms with Crippen LogP contribution in [0.1, 0.15) is 18.2 Å². The largest absolute Gasteiger partial charge is 0.455 e. The Morgan fingerprint density at radius 2 is 2.10 bits per heavy atom. The first kappa shape index (κ1) is 13.4. The molecular formula is C18H16FNO. The Bertz CT molecular complexity index is 851. The number of furan rings is 1. The highest BCUT2D eigenvalue weighted by Crippen LogP contribution is 2.31. The molecule has 0 fully saturated rings. The lowest BCUT2D eigenvalue weighted by molar-refractivity contribution is 0.612. The number of halogens is 1. The van der Waals surface area contributed by atoms with Gasteiger partial charge in [0.2, 0.25) is 0 Å². The summed E-state index contributed by atoms with van der Waals surface area (Å²) in [7, 11) is 0. The molecule has 0 aliphatic heterocycles. The third kappa shape index (κ3) is 2.31. The lowest BCUT2D eigenvalue weighted by atomic mass is 10.1. The van der Waals surface area contributed by atoms with E-state index in [0.29, 0.717) is 16.9 Å². The Morgan fingerprint density at radius 1 is 1.29 bits per heavy atom. The van der Waals surface area contributed by atoms with Gasteiger partial charge in [-0.2, -0.15) is 0 Å². The van der Waals surface area contributed by atoms with Crippen molar-refractivity contribution in [2.45, 2.75) is 13.8 Å². The number of aromatic nitrogens is 1. The van der Waals surface area contributed by atoms with Crippen LogP contribution in [0.5, 0.6) is 0 Å². The van der Waals surface area contributed by atoms with E-state index in [0.717, 1.165) is 22.3 Å². The van der Waals surface area contributed by atoms with Crippen molar-refractivity contribution in [3.63, 3.8) is 0 Å². The number of fused-ring (bicyclic) bond motifs is 1. The van der Waals surface area contributed by atoms with Crippen LogP contribution in [0.3, 0.4) is 0 Å². The Morgan fingerprint density at radius 3 is 2.86 bits per heavy atom. The average Bonchev–Trinajstić information content (AvgIpc) is 3.09. The minimum atomic E-state index is -0.219. The highest BCUT2D eigenvalue weighted by molar-refractivity contribution is 5.85. The molecule has 0 saturated heterocycles. The van der Waals surface area contributed by atoms with Crippen LogP contribution in [0, 0.1) is 12.7 Å². The summed E-state index contributed by atoms with van der Waals surface area (Å²) in [5.41, 5.74) is 3.99. The first-order valence-corrected chi connectivity index (χ1v) is 6.80. The summed E-state index contributed by atoms with van der Waals surface area (Å²) in [4.78, 5) is 3.27. The monoisotopic (exact) mass is 281 g/mol. The minimum Gasteiger partial charge on any atom is -0.455 e. The summed E-state index contributed by atoms with van der Waals surface area (Å²) in [6.45, 7) is 7.70. The van der Waals surface area contributed by atoms with Crippen LogP contribution in [0.15, 0.2) is 53.5 Å². The molecular weight excluding hydrogens is 265 g/mol. The fourth-order valence-electron chi connectivity index (χ4n) is 2.37. The van der Waals surface area contributed by atoms with Crippen molar-refractivity contribution in [2.75, 3.05) is 0 Å². The summed E-state index contributed by atoms with van der Waals surface area (Å²) in [5, 5.41) is 0.799. The smallest absolute Gasteiger partial charge is 0.151 e. The summed E-state index contributed by atoms with van der Waals surface area (Å²) in [5.74, 6) is 0.474. The Kier molecular flexibility index (Phi) is 3.26. The maximum atomic E-state index is 13.6. The number of benzene rings is 1. The zero-order valence-electron chi connectivity index (χ0n) is 12.0. The molecule has 0 unspecified atom stereocenters. The molecule has 3 aromatic rings. The van der Waals surface area contributed by atoms with Gasteiger partial charge in [-0.25, -0.2) is 4.39 Å². The molecule has 0 aliphatic carbocycles. The van der Waals surface area contributed by atoms with Crippen LogP contribution < -0.4 is 0 Å². The van der Waals surface area contributed by atoms with E-state index in [9.17, 15) is 4.39 Å². The van der Waals surface area contributed by atoms with Crippen LogP contribution in [0.4, 0.5) is 4.39 Å². The fourth-order valence-corrected chi connectivity index (χ4v) is 2.37. The molecule has 0 bridgehead atoms. The predicted molar refractivity (Wildman–Crippen MR) is 84.5 cm³/mol. The molecule has 0 saturated carbocycles. The van der Waals surface area contributed by atoms with E-state index < -0.39 is 0 Å². The number of allylic oxidation sites excluding steroid dienone is 3. The Labute approximate surface area is 122 Å². The van der Waals surface area contributed by atoms with Crippen molar-refractivity contribution in [3.8, 4) is 11.5 Å². The number of aromatic amines is 1. The molecule has 0 spiro atoms. The highest BCUT2D eigenvalue weighted by atomic mass is 19.1. The summed E-state index contributed by atoms with van der Waals surface area (Å²) in [6, 6.07) is 8.84. The summed E-state index contributed by atoms with van der Waals surface area (Å²) < 4.78 is 19.4. The lowest BCUT2D eigenvalue weighted by Gasteiger charge is -1.95. The van der Waals surface area contributed by atoms with Gasteiger partial charge < -0.3 is 9.40 Å². The molecule has 2 aromatic heterocycles. The number of hydrogen-bond donors (Lipinski definition) is 1. The third-order valence-corrected chi connectivity index (χ3v) is 3.57. The molecule has 3 heteroatoms. The maximum Gasteiger partial charge on any atom is 0.151 e. The molecule has 0 amide bonds. The van der Waals surface area contributed by atoms with Gasteiger partial charge >= 0.3 is 0 Å². The molecule has 3 rings (SSSR count). The van der Waals surface area contributed by atoms with Crippen LogP contribution >= 0.6 is 0 Å². The van der Waals surface area contributed by atoms with E-state index in [2.05, 4.69) is 11.6 Å².